The van der Waals surface area contributed by atoms with Gasteiger partial charge in [0, 0.05) is 13.1 Å². The molecule has 3 rings (SSSR count). The first kappa shape index (κ1) is 23.1. The summed E-state index contributed by atoms with van der Waals surface area (Å²) in [5.41, 5.74) is 2.24. The highest BCUT2D eigenvalue weighted by atomic mass is 32.2. The molecule has 31 heavy (non-hydrogen) atoms. The number of amides is 1. The van der Waals surface area contributed by atoms with Crippen LogP contribution in [0.1, 0.15) is 24.0 Å². The Morgan fingerprint density at radius 2 is 1.90 bits per heavy atom. The van der Waals surface area contributed by atoms with Gasteiger partial charge in [-0.3, -0.25) is 4.79 Å². The van der Waals surface area contributed by atoms with Gasteiger partial charge in [-0.15, -0.1) is 0 Å². The van der Waals surface area contributed by atoms with Crippen molar-refractivity contribution in [1.29, 1.82) is 0 Å². The molecule has 1 aliphatic rings. The second-order valence-corrected chi connectivity index (χ2v) is 9.65. The molecule has 1 saturated heterocycles. The molecule has 7 nitrogen and oxygen atoms in total. The summed E-state index contributed by atoms with van der Waals surface area (Å²) >= 11 is 0. The van der Waals surface area contributed by atoms with Crippen LogP contribution in [-0.4, -0.2) is 52.0 Å². The van der Waals surface area contributed by atoms with E-state index in [4.69, 9.17) is 9.47 Å². The lowest BCUT2D eigenvalue weighted by Gasteiger charge is -2.31. The Hall–Kier alpha value is -2.58. The third-order valence-corrected chi connectivity index (χ3v) is 7.55. The first-order valence-electron chi connectivity index (χ1n) is 10.4. The van der Waals surface area contributed by atoms with Gasteiger partial charge in [-0.2, -0.15) is 4.31 Å². The van der Waals surface area contributed by atoms with Crippen LogP contribution in [0.15, 0.2) is 47.4 Å². The van der Waals surface area contributed by atoms with Crippen molar-refractivity contribution >= 4 is 15.9 Å². The maximum Gasteiger partial charge on any atom is 0.243 e. The monoisotopic (exact) mass is 446 g/mol. The molecule has 1 heterocycles. The van der Waals surface area contributed by atoms with E-state index < -0.39 is 10.0 Å². The number of carbonyl (C=O) groups is 1. The van der Waals surface area contributed by atoms with Gasteiger partial charge in [-0.05, 0) is 68.1 Å². The molecule has 1 fully saturated rings. The summed E-state index contributed by atoms with van der Waals surface area (Å²) < 4.78 is 38.2. The molecule has 0 saturated carbocycles. The molecule has 168 valence electrons. The highest BCUT2D eigenvalue weighted by Gasteiger charge is 2.33. The van der Waals surface area contributed by atoms with Crippen LogP contribution in [0, 0.1) is 19.8 Å². The first-order chi connectivity index (χ1) is 14.8. The Balaban J connectivity index is 1.53. The summed E-state index contributed by atoms with van der Waals surface area (Å²) in [6.07, 6.45) is 1.31. The number of ether oxygens (including phenoxy) is 2. The van der Waals surface area contributed by atoms with Gasteiger partial charge in [0.1, 0.15) is 18.1 Å². The van der Waals surface area contributed by atoms with Crippen molar-refractivity contribution in [2.75, 3.05) is 33.4 Å². The van der Waals surface area contributed by atoms with Gasteiger partial charge in [-0.25, -0.2) is 8.42 Å². The Bertz CT molecular complexity index is 1010. The molecule has 1 N–H and O–H groups in total. The number of benzene rings is 2. The van der Waals surface area contributed by atoms with E-state index in [2.05, 4.69) is 5.32 Å². The molecular formula is C23H30N2O5S. The number of sulfonamides is 1. The molecule has 0 aromatic heterocycles. The molecule has 0 unspecified atom stereocenters. The molecular weight excluding hydrogens is 416 g/mol. The predicted molar refractivity (Wildman–Crippen MR) is 119 cm³/mol. The topological polar surface area (TPSA) is 84.9 Å². The van der Waals surface area contributed by atoms with Crippen LogP contribution < -0.4 is 14.8 Å². The lowest BCUT2D eigenvalue weighted by Crippen LogP contribution is -2.45. The van der Waals surface area contributed by atoms with Gasteiger partial charge in [0.2, 0.25) is 15.9 Å². The number of aryl methyl sites for hydroxylation is 1. The largest absolute Gasteiger partial charge is 0.497 e. The molecule has 0 bridgehead atoms. The van der Waals surface area contributed by atoms with Crippen molar-refractivity contribution in [3.05, 3.63) is 53.6 Å². The molecule has 1 atom stereocenters. The van der Waals surface area contributed by atoms with E-state index in [1.54, 1.807) is 12.1 Å². The van der Waals surface area contributed by atoms with Gasteiger partial charge < -0.3 is 14.8 Å². The SMILES string of the molecule is COc1ccc(S(=O)(=O)N2CCC[C@@H](C(=O)NCCOc3cccc(C)c3C)C2)cc1. The van der Waals surface area contributed by atoms with Crippen molar-refractivity contribution in [1.82, 2.24) is 9.62 Å². The third kappa shape index (κ3) is 5.57. The summed E-state index contributed by atoms with van der Waals surface area (Å²) in [5.74, 6) is 0.892. The van der Waals surface area contributed by atoms with Crippen LogP contribution in [-0.2, 0) is 14.8 Å². The molecule has 2 aromatic carbocycles. The van der Waals surface area contributed by atoms with E-state index in [9.17, 15) is 13.2 Å². The summed E-state index contributed by atoms with van der Waals surface area (Å²) in [5, 5.41) is 2.88. The number of nitrogens with zero attached hydrogens (tertiary/aromatic N) is 1. The van der Waals surface area contributed by atoms with Crippen molar-refractivity contribution in [2.24, 2.45) is 5.92 Å². The van der Waals surface area contributed by atoms with Gasteiger partial charge >= 0.3 is 0 Å². The zero-order valence-corrected chi connectivity index (χ0v) is 19.1. The van der Waals surface area contributed by atoms with E-state index in [1.165, 1.54) is 23.5 Å². The smallest absolute Gasteiger partial charge is 0.243 e. The van der Waals surface area contributed by atoms with Gasteiger partial charge in [-0.1, -0.05) is 12.1 Å². The first-order valence-corrected chi connectivity index (χ1v) is 11.9. The summed E-state index contributed by atoms with van der Waals surface area (Å²) in [6, 6.07) is 12.2. The summed E-state index contributed by atoms with van der Waals surface area (Å²) in [4.78, 5) is 12.8. The lowest BCUT2D eigenvalue weighted by atomic mass is 9.99. The highest BCUT2D eigenvalue weighted by Crippen LogP contribution is 2.25. The standard InChI is InChI=1S/C23H30N2O5S/c1-17-6-4-8-22(18(17)2)30-15-13-24-23(26)19-7-5-14-25(16-19)31(27,28)21-11-9-20(29-3)10-12-21/h4,6,8-12,19H,5,7,13-16H2,1-3H3,(H,24,26)/t19-/m1/s1. The number of hydrogen-bond donors (Lipinski definition) is 1. The number of rotatable bonds is 8. The van der Waals surface area contributed by atoms with Crippen LogP contribution in [0.25, 0.3) is 0 Å². The van der Waals surface area contributed by atoms with Gasteiger partial charge in [0.15, 0.2) is 0 Å². The van der Waals surface area contributed by atoms with E-state index in [1.807, 2.05) is 32.0 Å². The summed E-state index contributed by atoms with van der Waals surface area (Å²) in [7, 11) is -2.12. The number of carbonyl (C=O) groups excluding carboxylic acids is 1. The van der Waals surface area contributed by atoms with Crippen LogP contribution in [0.2, 0.25) is 0 Å². The maximum absolute atomic E-state index is 13.0. The predicted octanol–water partition coefficient (Wildman–Crippen LogP) is 2.91. The maximum atomic E-state index is 13.0. The Morgan fingerprint density at radius 3 is 2.61 bits per heavy atom. The van der Waals surface area contributed by atoms with Crippen molar-refractivity contribution in [2.45, 2.75) is 31.6 Å². The van der Waals surface area contributed by atoms with Crippen molar-refractivity contribution < 1.29 is 22.7 Å². The van der Waals surface area contributed by atoms with E-state index >= 15 is 0 Å². The van der Waals surface area contributed by atoms with Crippen LogP contribution in [0.5, 0.6) is 11.5 Å². The molecule has 2 aromatic rings. The second-order valence-electron chi connectivity index (χ2n) is 7.72. The molecule has 0 aliphatic carbocycles. The fourth-order valence-electron chi connectivity index (χ4n) is 3.63. The van der Waals surface area contributed by atoms with E-state index in [-0.39, 0.29) is 23.3 Å². The number of nitrogens with one attached hydrogen (secondary N) is 1. The lowest BCUT2D eigenvalue weighted by molar-refractivity contribution is -0.126. The van der Waals surface area contributed by atoms with E-state index in [0.717, 1.165) is 16.9 Å². The third-order valence-electron chi connectivity index (χ3n) is 5.67. The van der Waals surface area contributed by atoms with Gasteiger partial charge in [0.05, 0.1) is 24.5 Å². The minimum Gasteiger partial charge on any atom is -0.497 e. The fourth-order valence-corrected chi connectivity index (χ4v) is 5.16. The zero-order chi connectivity index (χ0) is 22.4. The number of hydrogen-bond acceptors (Lipinski definition) is 5. The Morgan fingerprint density at radius 1 is 1.16 bits per heavy atom. The number of methoxy groups -OCH3 is 1. The molecule has 0 spiro atoms. The average molecular weight is 447 g/mol. The van der Waals surface area contributed by atoms with Crippen molar-refractivity contribution in [3.63, 3.8) is 0 Å². The Kier molecular flexibility index (Phi) is 7.56. The van der Waals surface area contributed by atoms with Crippen LogP contribution in [0.4, 0.5) is 0 Å². The minimum absolute atomic E-state index is 0.140. The van der Waals surface area contributed by atoms with Crippen LogP contribution >= 0.6 is 0 Å². The summed E-state index contributed by atoms with van der Waals surface area (Å²) in [6.45, 7) is 5.35. The fraction of sp³-hybridized carbons (Fsp3) is 0.435. The van der Waals surface area contributed by atoms with Crippen LogP contribution in [0.3, 0.4) is 0 Å². The zero-order valence-electron chi connectivity index (χ0n) is 18.3. The molecule has 8 heteroatoms. The van der Waals surface area contributed by atoms with E-state index in [0.29, 0.717) is 38.3 Å². The minimum atomic E-state index is -3.65. The molecule has 0 radical (unpaired) electrons. The normalized spacial score (nSPS) is 17.2. The quantitative estimate of drug-likeness (QED) is 0.631. The average Bonchev–Trinajstić information content (AvgIpc) is 2.79. The number of piperidine rings is 1. The Labute approximate surface area is 184 Å². The molecule has 1 amide bonds. The second kappa shape index (κ2) is 10.2. The van der Waals surface area contributed by atoms with Gasteiger partial charge in [0.25, 0.3) is 0 Å². The molecule has 1 aliphatic heterocycles. The highest BCUT2D eigenvalue weighted by molar-refractivity contribution is 7.89. The van der Waals surface area contributed by atoms with Crippen molar-refractivity contribution in [3.8, 4) is 11.5 Å².